The zero-order valence-corrected chi connectivity index (χ0v) is 13.0. The Morgan fingerprint density at radius 1 is 1.35 bits per heavy atom. The third-order valence-electron chi connectivity index (χ3n) is 2.39. The third kappa shape index (κ3) is 3.10. The van der Waals surface area contributed by atoms with Crippen molar-refractivity contribution in [2.24, 2.45) is 0 Å². The molecule has 20 heavy (non-hydrogen) atoms. The molecule has 0 spiro atoms. The van der Waals surface area contributed by atoms with E-state index in [2.05, 4.69) is 25.6 Å². The molecule has 0 bridgehead atoms. The van der Waals surface area contributed by atoms with Crippen molar-refractivity contribution in [2.75, 3.05) is 4.72 Å². The Morgan fingerprint density at radius 3 is 2.70 bits per heavy atom. The van der Waals surface area contributed by atoms with Gasteiger partial charge in [-0.2, -0.15) is 5.26 Å². The van der Waals surface area contributed by atoms with Gasteiger partial charge in [-0.25, -0.2) is 8.42 Å². The number of rotatable bonds is 3. The largest absolute Gasteiger partial charge is 0.278 e. The molecule has 0 unspecified atom stereocenters. The zero-order valence-electron chi connectivity index (χ0n) is 9.84. The van der Waals surface area contributed by atoms with Crippen LogP contribution >= 0.6 is 27.5 Å². The first-order valence-corrected chi connectivity index (χ1v) is 7.91. The summed E-state index contributed by atoms with van der Waals surface area (Å²) in [4.78, 5) is 3.82. The highest BCUT2D eigenvalue weighted by Crippen LogP contribution is 2.25. The van der Waals surface area contributed by atoms with Crippen LogP contribution in [0.5, 0.6) is 0 Å². The van der Waals surface area contributed by atoms with Crippen molar-refractivity contribution in [1.29, 1.82) is 5.26 Å². The fourth-order valence-electron chi connectivity index (χ4n) is 1.42. The first-order chi connectivity index (χ1) is 9.44. The molecule has 1 N–H and O–H groups in total. The number of hydrogen-bond acceptors (Lipinski definition) is 4. The van der Waals surface area contributed by atoms with E-state index >= 15 is 0 Å². The summed E-state index contributed by atoms with van der Waals surface area (Å²) in [6, 6.07) is 7.31. The Balaban J connectivity index is 2.39. The average molecular weight is 373 g/mol. The van der Waals surface area contributed by atoms with Crippen LogP contribution in [-0.4, -0.2) is 13.4 Å². The van der Waals surface area contributed by atoms with Gasteiger partial charge in [0.15, 0.2) is 0 Å². The van der Waals surface area contributed by atoms with E-state index in [1.807, 2.05) is 6.07 Å². The van der Waals surface area contributed by atoms with Gasteiger partial charge >= 0.3 is 0 Å². The lowest BCUT2D eigenvalue weighted by Gasteiger charge is -2.09. The molecule has 0 saturated heterocycles. The number of nitrogens with zero attached hydrogens (tertiary/aromatic N) is 2. The summed E-state index contributed by atoms with van der Waals surface area (Å²) in [6.07, 6.45) is 2.94. The van der Waals surface area contributed by atoms with Crippen LogP contribution in [-0.2, 0) is 10.0 Å². The number of nitrogens with one attached hydrogen (secondary N) is 1. The van der Waals surface area contributed by atoms with Crippen LogP contribution in [0.4, 0.5) is 5.69 Å². The van der Waals surface area contributed by atoms with Crippen LogP contribution in [0.15, 0.2) is 46.0 Å². The smallest absolute Gasteiger partial charge is 0.261 e. The van der Waals surface area contributed by atoms with Crippen LogP contribution in [0.2, 0.25) is 5.02 Å². The van der Waals surface area contributed by atoms with Gasteiger partial charge in [-0.05, 0) is 40.2 Å². The first-order valence-electron chi connectivity index (χ1n) is 5.26. The molecule has 0 amide bonds. The number of pyridine rings is 1. The minimum Gasteiger partial charge on any atom is -0.278 e. The Morgan fingerprint density at radius 2 is 2.10 bits per heavy atom. The van der Waals surface area contributed by atoms with Crippen molar-refractivity contribution in [1.82, 2.24) is 4.98 Å². The van der Waals surface area contributed by atoms with Gasteiger partial charge in [-0.15, -0.1) is 0 Å². The van der Waals surface area contributed by atoms with Crippen LogP contribution in [0, 0.1) is 11.3 Å². The van der Waals surface area contributed by atoms with Crippen molar-refractivity contribution in [3.63, 3.8) is 0 Å². The van der Waals surface area contributed by atoms with Gasteiger partial charge in [0.1, 0.15) is 6.07 Å². The standard InChI is InChI=1S/C12H7BrClN3O2S/c13-10-7-16-4-3-12(10)17-20(18,19)9-2-1-8(6-15)11(14)5-9/h1-5,7H,(H,16,17). The number of anilines is 1. The molecule has 0 aliphatic heterocycles. The lowest BCUT2D eigenvalue weighted by Crippen LogP contribution is -2.13. The van der Waals surface area contributed by atoms with Crippen LogP contribution < -0.4 is 4.72 Å². The van der Waals surface area contributed by atoms with Gasteiger partial charge in [-0.1, -0.05) is 11.6 Å². The number of hydrogen-bond donors (Lipinski definition) is 1. The van der Waals surface area contributed by atoms with E-state index in [-0.39, 0.29) is 15.5 Å². The van der Waals surface area contributed by atoms with Crippen molar-refractivity contribution in [3.8, 4) is 6.07 Å². The number of benzene rings is 1. The van der Waals surface area contributed by atoms with Gasteiger partial charge in [0.25, 0.3) is 10.0 Å². The number of sulfonamides is 1. The number of nitriles is 1. The maximum absolute atomic E-state index is 12.2. The van der Waals surface area contributed by atoms with E-state index in [1.54, 1.807) is 0 Å². The van der Waals surface area contributed by atoms with E-state index in [0.29, 0.717) is 10.2 Å². The molecule has 1 aromatic heterocycles. The molecule has 1 aromatic carbocycles. The minimum absolute atomic E-state index is 0.0230. The van der Waals surface area contributed by atoms with Gasteiger partial charge in [0, 0.05) is 12.4 Å². The third-order valence-corrected chi connectivity index (χ3v) is 4.70. The predicted molar refractivity (Wildman–Crippen MR) is 78.9 cm³/mol. The second-order valence-electron chi connectivity index (χ2n) is 3.71. The van der Waals surface area contributed by atoms with E-state index in [1.165, 1.54) is 36.7 Å². The fraction of sp³-hybridized carbons (Fsp3) is 0. The highest BCUT2D eigenvalue weighted by atomic mass is 79.9. The summed E-state index contributed by atoms with van der Waals surface area (Å²) in [6.45, 7) is 0. The maximum Gasteiger partial charge on any atom is 0.261 e. The quantitative estimate of drug-likeness (QED) is 0.897. The maximum atomic E-state index is 12.2. The molecular formula is C12H7BrClN3O2S. The zero-order chi connectivity index (χ0) is 14.8. The average Bonchev–Trinajstić information content (AvgIpc) is 2.41. The molecule has 5 nitrogen and oxygen atoms in total. The van der Waals surface area contributed by atoms with Crippen LogP contribution in [0.1, 0.15) is 5.56 Å². The molecular weight excluding hydrogens is 366 g/mol. The molecule has 1 heterocycles. The predicted octanol–water partition coefficient (Wildman–Crippen LogP) is 3.17. The fourth-order valence-corrected chi connectivity index (χ4v) is 3.29. The summed E-state index contributed by atoms with van der Waals surface area (Å²) in [5.41, 5.74) is 0.580. The summed E-state index contributed by atoms with van der Waals surface area (Å²) in [5.74, 6) is 0. The van der Waals surface area contributed by atoms with E-state index in [4.69, 9.17) is 16.9 Å². The Labute approximate surface area is 129 Å². The van der Waals surface area contributed by atoms with E-state index in [9.17, 15) is 8.42 Å². The van der Waals surface area contributed by atoms with Crippen molar-refractivity contribution in [3.05, 3.63) is 51.7 Å². The van der Waals surface area contributed by atoms with Gasteiger partial charge < -0.3 is 0 Å². The number of aromatic nitrogens is 1. The van der Waals surface area contributed by atoms with Crippen LogP contribution in [0.3, 0.4) is 0 Å². The molecule has 8 heteroatoms. The molecule has 0 aliphatic carbocycles. The highest BCUT2D eigenvalue weighted by molar-refractivity contribution is 9.10. The second-order valence-corrected chi connectivity index (χ2v) is 6.66. The molecule has 102 valence electrons. The summed E-state index contributed by atoms with van der Waals surface area (Å²) < 4.78 is 27.4. The van der Waals surface area contributed by atoms with Crippen molar-refractivity contribution in [2.45, 2.75) is 4.90 Å². The minimum atomic E-state index is -3.78. The normalized spacial score (nSPS) is 10.8. The van der Waals surface area contributed by atoms with Gasteiger partial charge in [0.2, 0.25) is 0 Å². The lowest BCUT2D eigenvalue weighted by molar-refractivity contribution is 0.601. The Bertz CT molecular complexity index is 803. The SMILES string of the molecule is N#Cc1ccc(S(=O)(=O)Nc2ccncc2Br)cc1Cl. The first kappa shape index (κ1) is 14.8. The molecule has 0 saturated carbocycles. The topological polar surface area (TPSA) is 82.8 Å². The highest BCUT2D eigenvalue weighted by Gasteiger charge is 2.17. The molecule has 0 fully saturated rings. The monoisotopic (exact) mass is 371 g/mol. The molecule has 2 rings (SSSR count). The molecule has 2 aromatic rings. The van der Waals surface area contributed by atoms with Crippen LogP contribution in [0.25, 0.3) is 0 Å². The van der Waals surface area contributed by atoms with E-state index in [0.717, 1.165) is 0 Å². The Kier molecular flexibility index (Phi) is 4.28. The van der Waals surface area contributed by atoms with Gasteiger partial charge in [0.05, 0.1) is 25.6 Å². The summed E-state index contributed by atoms with van der Waals surface area (Å²) >= 11 is 9.04. The molecule has 0 atom stereocenters. The molecule has 0 aliphatic rings. The number of halogens is 2. The van der Waals surface area contributed by atoms with Crippen molar-refractivity contribution < 1.29 is 8.42 Å². The second kappa shape index (κ2) is 5.79. The Hall–Kier alpha value is -1.62. The molecule has 0 radical (unpaired) electrons. The van der Waals surface area contributed by atoms with Crippen molar-refractivity contribution >= 4 is 43.2 Å². The van der Waals surface area contributed by atoms with Gasteiger partial charge in [-0.3, -0.25) is 9.71 Å². The summed E-state index contributed by atoms with van der Waals surface area (Å²) in [5, 5.41) is 8.86. The van der Waals surface area contributed by atoms with E-state index < -0.39 is 10.0 Å². The summed E-state index contributed by atoms with van der Waals surface area (Å²) in [7, 11) is -3.78. The lowest BCUT2D eigenvalue weighted by atomic mass is 10.2.